The predicted octanol–water partition coefficient (Wildman–Crippen LogP) is 3.78. The van der Waals surface area contributed by atoms with Crippen molar-refractivity contribution in [2.45, 2.75) is 19.3 Å². The molecule has 1 aliphatic rings. The molecule has 106 valence electrons. The number of aryl methyl sites for hydroxylation is 1. The van der Waals surface area contributed by atoms with Crippen molar-refractivity contribution in [3.8, 4) is 11.3 Å². The minimum absolute atomic E-state index is 0.0694. The first-order valence-corrected chi connectivity index (χ1v) is 9.82. The summed E-state index contributed by atoms with van der Waals surface area (Å²) in [5.41, 5.74) is 2.02. The Bertz CT molecular complexity index is 752. The second kappa shape index (κ2) is 5.24. The van der Waals surface area contributed by atoms with Crippen LogP contribution in [-0.4, -0.2) is 24.9 Å². The van der Waals surface area contributed by atoms with Gasteiger partial charge in [-0.25, -0.2) is 13.4 Å². The Morgan fingerprint density at radius 2 is 2.10 bits per heavy atom. The van der Waals surface area contributed by atoms with E-state index in [1.54, 1.807) is 11.3 Å². The van der Waals surface area contributed by atoms with E-state index in [2.05, 4.69) is 15.9 Å². The third kappa shape index (κ3) is 2.69. The molecule has 0 N–H and O–H groups in total. The van der Waals surface area contributed by atoms with Crippen LogP contribution in [-0.2, 0) is 9.84 Å². The molecule has 3 rings (SSSR count). The molecule has 2 aromatic rings. The van der Waals surface area contributed by atoms with Gasteiger partial charge < -0.3 is 0 Å². The quantitative estimate of drug-likeness (QED) is 0.806. The van der Waals surface area contributed by atoms with E-state index < -0.39 is 9.84 Å². The van der Waals surface area contributed by atoms with Crippen molar-refractivity contribution in [2.75, 3.05) is 11.5 Å². The van der Waals surface area contributed by atoms with Crippen molar-refractivity contribution in [2.24, 2.45) is 0 Å². The number of sulfone groups is 1. The van der Waals surface area contributed by atoms with Gasteiger partial charge in [0.1, 0.15) is 0 Å². The minimum atomic E-state index is -2.86. The Morgan fingerprint density at radius 3 is 2.75 bits per heavy atom. The third-order valence-electron chi connectivity index (χ3n) is 3.52. The molecule has 1 aliphatic heterocycles. The van der Waals surface area contributed by atoms with Gasteiger partial charge in [-0.1, -0.05) is 34.1 Å². The second-order valence-electron chi connectivity index (χ2n) is 5.04. The summed E-state index contributed by atoms with van der Waals surface area (Å²) in [4.78, 5) is 5.85. The second-order valence-corrected chi connectivity index (χ2v) is 9.35. The summed E-state index contributed by atoms with van der Waals surface area (Å²) in [7, 11) is -2.86. The zero-order valence-electron chi connectivity index (χ0n) is 11.0. The largest absolute Gasteiger partial charge is 0.241 e. The molecule has 20 heavy (non-hydrogen) atoms. The number of halogens is 1. The molecule has 0 aliphatic carbocycles. The van der Waals surface area contributed by atoms with Crippen LogP contribution in [0.3, 0.4) is 0 Å². The van der Waals surface area contributed by atoms with Gasteiger partial charge in [0.05, 0.1) is 22.2 Å². The highest BCUT2D eigenvalue weighted by molar-refractivity contribution is 9.10. The molecule has 1 fully saturated rings. The summed E-state index contributed by atoms with van der Waals surface area (Å²) >= 11 is 5.17. The number of hydrogen-bond acceptors (Lipinski definition) is 4. The molecule has 0 bridgehead atoms. The van der Waals surface area contributed by atoms with E-state index >= 15 is 0 Å². The number of nitrogens with zero attached hydrogens (tertiary/aromatic N) is 1. The summed E-state index contributed by atoms with van der Waals surface area (Å²) in [6, 6.07) is 7.98. The fourth-order valence-corrected chi connectivity index (χ4v) is 5.88. The Balaban J connectivity index is 1.98. The Labute approximate surface area is 131 Å². The lowest BCUT2D eigenvalue weighted by Gasteiger charge is -2.03. The Kier molecular flexibility index (Phi) is 3.73. The van der Waals surface area contributed by atoms with E-state index in [0.29, 0.717) is 12.2 Å². The molecule has 0 spiro atoms. The average Bonchev–Trinajstić information content (AvgIpc) is 2.93. The van der Waals surface area contributed by atoms with E-state index in [4.69, 9.17) is 4.98 Å². The van der Waals surface area contributed by atoms with Gasteiger partial charge in [0, 0.05) is 20.8 Å². The monoisotopic (exact) mass is 371 g/mol. The lowest BCUT2D eigenvalue weighted by molar-refractivity contribution is 0.601. The van der Waals surface area contributed by atoms with Crippen LogP contribution in [0.1, 0.15) is 22.2 Å². The molecule has 1 aromatic heterocycles. The lowest BCUT2D eigenvalue weighted by Crippen LogP contribution is -2.03. The van der Waals surface area contributed by atoms with Gasteiger partial charge in [-0.2, -0.15) is 0 Å². The van der Waals surface area contributed by atoms with Gasteiger partial charge in [-0.05, 0) is 19.4 Å². The van der Waals surface area contributed by atoms with Crippen LogP contribution in [0, 0.1) is 6.92 Å². The summed E-state index contributed by atoms with van der Waals surface area (Å²) in [6.07, 6.45) is 0.699. The van der Waals surface area contributed by atoms with Gasteiger partial charge in [-0.15, -0.1) is 11.3 Å². The van der Waals surface area contributed by atoms with Crippen molar-refractivity contribution in [1.29, 1.82) is 0 Å². The van der Waals surface area contributed by atoms with Crippen LogP contribution in [0.15, 0.2) is 28.7 Å². The zero-order chi connectivity index (χ0) is 14.3. The van der Waals surface area contributed by atoms with Crippen molar-refractivity contribution in [1.82, 2.24) is 4.98 Å². The van der Waals surface area contributed by atoms with E-state index in [9.17, 15) is 8.42 Å². The number of rotatable bonds is 2. The first-order chi connectivity index (χ1) is 9.46. The number of hydrogen-bond donors (Lipinski definition) is 0. The average molecular weight is 372 g/mol. The molecular weight excluding hydrogens is 358 g/mol. The van der Waals surface area contributed by atoms with Gasteiger partial charge >= 0.3 is 0 Å². The van der Waals surface area contributed by atoms with Crippen LogP contribution >= 0.6 is 27.3 Å². The number of benzene rings is 1. The molecule has 6 heteroatoms. The van der Waals surface area contributed by atoms with Crippen LogP contribution in [0.5, 0.6) is 0 Å². The topological polar surface area (TPSA) is 47.0 Å². The molecule has 0 radical (unpaired) electrons. The highest BCUT2D eigenvalue weighted by Crippen LogP contribution is 2.38. The molecule has 1 unspecified atom stereocenters. The maximum absolute atomic E-state index is 11.6. The van der Waals surface area contributed by atoms with E-state index in [1.165, 1.54) is 0 Å². The summed E-state index contributed by atoms with van der Waals surface area (Å²) in [5.74, 6) is 0.607. The molecule has 1 saturated heterocycles. The van der Waals surface area contributed by atoms with Gasteiger partial charge in [-0.3, -0.25) is 0 Å². The molecule has 1 aromatic carbocycles. The maximum atomic E-state index is 11.6. The van der Waals surface area contributed by atoms with Crippen LogP contribution < -0.4 is 0 Å². The molecule has 0 amide bonds. The Morgan fingerprint density at radius 1 is 1.35 bits per heavy atom. The highest BCUT2D eigenvalue weighted by Gasteiger charge is 2.31. The summed E-state index contributed by atoms with van der Waals surface area (Å²) < 4.78 is 24.2. The van der Waals surface area contributed by atoms with Gasteiger partial charge in [0.2, 0.25) is 0 Å². The van der Waals surface area contributed by atoms with Gasteiger partial charge in [0.15, 0.2) is 9.84 Å². The van der Waals surface area contributed by atoms with E-state index in [-0.39, 0.29) is 11.7 Å². The zero-order valence-corrected chi connectivity index (χ0v) is 14.2. The molecule has 1 atom stereocenters. The maximum Gasteiger partial charge on any atom is 0.151 e. The van der Waals surface area contributed by atoms with Crippen molar-refractivity contribution in [3.63, 3.8) is 0 Å². The minimum Gasteiger partial charge on any atom is -0.241 e. The SMILES string of the molecule is Cc1sc(C2CCS(=O)(=O)C2)nc1-c1ccccc1Br. The first-order valence-electron chi connectivity index (χ1n) is 6.39. The van der Waals surface area contributed by atoms with E-state index in [1.807, 2.05) is 31.2 Å². The molecule has 3 nitrogen and oxygen atoms in total. The number of thiazole rings is 1. The van der Waals surface area contributed by atoms with E-state index in [0.717, 1.165) is 25.6 Å². The molecule has 2 heterocycles. The fourth-order valence-electron chi connectivity index (χ4n) is 2.48. The summed E-state index contributed by atoms with van der Waals surface area (Å²) in [5, 5.41) is 0.953. The third-order valence-corrected chi connectivity index (χ3v) is 7.12. The normalized spacial score (nSPS) is 21.2. The predicted molar refractivity (Wildman–Crippen MR) is 86.0 cm³/mol. The van der Waals surface area contributed by atoms with Crippen LogP contribution in [0.2, 0.25) is 0 Å². The smallest absolute Gasteiger partial charge is 0.151 e. The van der Waals surface area contributed by atoms with Crippen LogP contribution in [0.4, 0.5) is 0 Å². The Hall–Kier alpha value is -0.720. The van der Waals surface area contributed by atoms with Crippen molar-refractivity contribution >= 4 is 37.1 Å². The highest BCUT2D eigenvalue weighted by atomic mass is 79.9. The molecular formula is C14H14BrNO2S2. The van der Waals surface area contributed by atoms with Crippen LogP contribution in [0.25, 0.3) is 11.3 Å². The van der Waals surface area contributed by atoms with Crippen molar-refractivity contribution < 1.29 is 8.42 Å². The standard InChI is InChI=1S/C14H14BrNO2S2/c1-9-13(11-4-2-3-5-12(11)15)16-14(19-9)10-6-7-20(17,18)8-10/h2-5,10H,6-8H2,1H3. The molecule has 0 saturated carbocycles. The summed E-state index contributed by atoms with van der Waals surface area (Å²) in [6.45, 7) is 2.04. The fraction of sp³-hybridized carbons (Fsp3) is 0.357. The first kappa shape index (κ1) is 14.2. The number of aromatic nitrogens is 1. The van der Waals surface area contributed by atoms with Crippen molar-refractivity contribution in [3.05, 3.63) is 38.6 Å². The van der Waals surface area contributed by atoms with Gasteiger partial charge in [0.25, 0.3) is 0 Å². The lowest BCUT2D eigenvalue weighted by atomic mass is 10.1.